The third-order valence-electron chi connectivity index (χ3n) is 2.42. The highest BCUT2D eigenvalue weighted by molar-refractivity contribution is 6.32. The number of amides is 1. The van der Waals surface area contributed by atoms with Crippen LogP contribution >= 0.6 is 11.6 Å². The van der Waals surface area contributed by atoms with E-state index in [1.807, 2.05) is 13.0 Å². The summed E-state index contributed by atoms with van der Waals surface area (Å²) < 4.78 is 0. The van der Waals surface area contributed by atoms with Gasteiger partial charge in [-0.25, -0.2) is 0 Å². The molecule has 0 aliphatic rings. The third kappa shape index (κ3) is 3.94. The molecule has 0 heterocycles. The Morgan fingerprint density at radius 3 is 2.83 bits per heavy atom. The number of carbonyl (C=O) groups excluding carboxylic acids is 1. The van der Waals surface area contributed by atoms with Gasteiger partial charge in [0.1, 0.15) is 12.1 Å². The van der Waals surface area contributed by atoms with Gasteiger partial charge in [0.15, 0.2) is 0 Å². The lowest BCUT2D eigenvalue weighted by molar-refractivity contribution is -0.121. The molecule has 4 nitrogen and oxygen atoms in total. The molecule has 0 aromatic heterocycles. The number of anilines is 1. The Morgan fingerprint density at radius 2 is 2.28 bits per heavy atom. The van der Waals surface area contributed by atoms with Crippen LogP contribution in [0.25, 0.3) is 0 Å². The van der Waals surface area contributed by atoms with Crippen molar-refractivity contribution in [2.45, 2.75) is 26.3 Å². The second-order valence-electron chi connectivity index (χ2n) is 3.96. The fraction of sp³-hybridized carbons (Fsp3) is 0.385. The van der Waals surface area contributed by atoms with E-state index in [0.29, 0.717) is 17.1 Å². The van der Waals surface area contributed by atoms with E-state index < -0.39 is 0 Å². The zero-order valence-corrected chi connectivity index (χ0v) is 11.2. The summed E-state index contributed by atoms with van der Waals surface area (Å²) in [7, 11) is 0. The fourth-order valence-electron chi connectivity index (χ4n) is 1.41. The summed E-state index contributed by atoms with van der Waals surface area (Å²) >= 11 is 5.91. The van der Waals surface area contributed by atoms with Crippen LogP contribution in [-0.4, -0.2) is 18.5 Å². The van der Waals surface area contributed by atoms with Crippen molar-refractivity contribution in [2.24, 2.45) is 0 Å². The monoisotopic (exact) mass is 265 g/mol. The summed E-state index contributed by atoms with van der Waals surface area (Å²) in [6.45, 7) is 4.44. The Labute approximate surface area is 112 Å². The first-order valence-electron chi connectivity index (χ1n) is 5.82. The molecular weight excluding hydrogens is 250 g/mol. The number of hydrogen-bond acceptors (Lipinski definition) is 3. The Hall–Kier alpha value is -1.73. The Balaban J connectivity index is 2.65. The number of hydrogen-bond donors (Lipinski definition) is 2. The Bertz CT molecular complexity index is 468. The van der Waals surface area contributed by atoms with Gasteiger partial charge in [0.25, 0.3) is 0 Å². The molecule has 0 saturated heterocycles. The van der Waals surface area contributed by atoms with E-state index in [1.165, 1.54) is 0 Å². The van der Waals surface area contributed by atoms with Crippen molar-refractivity contribution >= 4 is 23.2 Å². The van der Waals surface area contributed by atoms with Crippen LogP contribution in [-0.2, 0) is 4.79 Å². The maximum absolute atomic E-state index is 11.7. The molecule has 0 bridgehead atoms. The molecule has 5 heteroatoms. The van der Waals surface area contributed by atoms with Gasteiger partial charge in [-0.15, -0.1) is 0 Å². The fourth-order valence-corrected chi connectivity index (χ4v) is 1.64. The quantitative estimate of drug-likeness (QED) is 0.860. The second-order valence-corrected chi connectivity index (χ2v) is 4.37. The van der Waals surface area contributed by atoms with Gasteiger partial charge in [0, 0.05) is 12.2 Å². The lowest BCUT2D eigenvalue weighted by atomic mass is 10.2. The van der Waals surface area contributed by atoms with E-state index in [4.69, 9.17) is 16.9 Å². The van der Waals surface area contributed by atoms with Crippen molar-refractivity contribution < 1.29 is 4.79 Å². The molecule has 1 aromatic carbocycles. The third-order valence-corrected chi connectivity index (χ3v) is 2.73. The highest BCUT2D eigenvalue weighted by atomic mass is 35.5. The highest BCUT2D eigenvalue weighted by Gasteiger charge is 2.12. The van der Waals surface area contributed by atoms with Crippen LogP contribution in [0, 0.1) is 11.3 Å². The molecule has 0 radical (unpaired) electrons. The molecular formula is C13H16ClN3O. The molecule has 0 aliphatic carbocycles. The van der Waals surface area contributed by atoms with Gasteiger partial charge < -0.3 is 10.6 Å². The molecule has 2 N–H and O–H groups in total. The van der Waals surface area contributed by atoms with E-state index in [9.17, 15) is 4.79 Å². The average Bonchev–Trinajstić information content (AvgIpc) is 2.36. The maximum atomic E-state index is 11.7. The van der Waals surface area contributed by atoms with Gasteiger partial charge in [-0.05, 0) is 31.5 Å². The molecule has 1 unspecified atom stereocenters. The smallest absolute Gasteiger partial charge is 0.242 e. The van der Waals surface area contributed by atoms with Gasteiger partial charge in [-0.2, -0.15) is 5.26 Å². The summed E-state index contributed by atoms with van der Waals surface area (Å²) in [6.07, 6.45) is 0.904. The molecule has 0 saturated carbocycles. The standard InChI is InChI=1S/C13H16ClN3O/c1-3-6-16-13(18)9(2)17-11-5-4-10(8-15)12(14)7-11/h4-5,7,9,17H,3,6H2,1-2H3,(H,16,18). The van der Waals surface area contributed by atoms with Crippen LogP contribution in [0.1, 0.15) is 25.8 Å². The number of nitrogens with one attached hydrogen (secondary N) is 2. The molecule has 0 spiro atoms. The van der Waals surface area contributed by atoms with Crippen molar-refractivity contribution in [1.29, 1.82) is 5.26 Å². The first-order chi connectivity index (χ1) is 8.58. The van der Waals surface area contributed by atoms with E-state index in [0.717, 1.165) is 12.1 Å². The lowest BCUT2D eigenvalue weighted by Gasteiger charge is -2.15. The minimum atomic E-state index is -0.347. The average molecular weight is 266 g/mol. The first kappa shape index (κ1) is 14.3. The van der Waals surface area contributed by atoms with Crippen LogP contribution in [0.2, 0.25) is 5.02 Å². The molecule has 0 aliphatic heterocycles. The summed E-state index contributed by atoms with van der Waals surface area (Å²) in [5, 5.41) is 15.0. The van der Waals surface area contributed by atoms with Crippen LogP contribution in [0.3, 0.4) is 0 Å². The van der Waals surface area contributed by atoms with Gasteiger partial charge >= 0.3 is 0 Å². The normalized spacial score (nSPS) is 11.4. The van der Waals surface area contributed by atoms with Crippen LogP contribution in [0.4, 0.5) is 5.69 Å². The van der Waals surface area contributed by atoms with Gasteiger partial charge in [-0.3, -0.25) is 4.79 Å². The highest BCUT2D eigenvalue weighted by Crippen LogP contribution is 2.20. The van der Waals surface area contributed by atoms with E-state index >= 15 is 0 Å². The van der Waals surface area contributed by atoms with Crippen molar-refractivity contribution in [3.8, 4) is 6.07 Å². The molecule has 1 atom stereocenters. The number of rotatable bonds is 5. The zero-order chi connectivity index (χ0) is 13.5. The number of halogens is 1. The first-order valence-corrected chi connectivity index (χ1v) is 6.20. The SMILES string of the molecule is CCCNC(=O)C(C)Nc1ccc(C#N)c(Cl)c1. The van der Waals surface area contributed by atoms with Crippen molar-refractivity contribution in [2.75, 3.05) is 11.9 Å². The Kier molecular flexibility index (Phi) is 5.47. The summed E-state index contributed by atoms with van der Waals surface area (Å²) in [5.74, 6) is -0.0580. The molecule has 18 heavy (non-hydrogen) atoms. The summed E-state index contributed by atoms with van der Waals surface area (Å²) in [4.78, 5) is 11.7. The van der Waals surface area contributed by atoms with E-state index in [-0.39, 0.29) is 11.9 Å². The van der Waals surface area contributed by atoms with Crippen LogP contribution in [0.5, 0.6) is 0 Å². The largest absolute Gasteiger partial charge is 0.374 e. The molecule has 1 rings (SSSR count). The lowest BCUT2D eigenvalue weighted by Crippen LogP contribution is -2.37. The number of nitriles is 1. The van der Waals surface area contributed by atoms with Gasteiger partial charge in [0.2, 0.25) is 5.91 Å². The van der Waals surface area contributed by atoms with Crippen LogP contribution in [0.15, 0.2) is 18.2 Å². The predicted octanol–water partition coefficient (Wildman–Crippen LogP) is 2.54. The van der Waals surface area contributed by atoms with Crippen molar-refractivity contribution in [3.05, 3.63) is 28.8 Å². The minimum Gasteiger partial charge on any atom is -0.374 e. The number of nitrogens with zero attached hydrogens (tertiary/aromatic N) is 1. The summed E-state index contributed by atoms with van der Waals surface area (Å²) in [5.41, 5.74) is 1.14. The molecule has 1 aromatic rings. The second kappa shape index (κ2) is 6.87. The van der Waals surface area contributed by atoms with E-state index in [1.54, 1.807) is 25.1 Å². The van der Waals surface area contributed by atoms with Crippen LogP contribution < -0.4 is 10.6 Å². The van der Waals surface area contributed by atoms with Gasteiger partial charge in [0.05, 0.1) is 10.6 Å². The Morgan fingerprint density at radius 1 is 1.56 bits per heavy atom. The van der Waals surface area contributed by atoms with Gasteiger partial charge in [-0.1, -0.05) is 18.5 Å². The molecule has 0 fully saturated rings. The number of benzene rings is 1. The molecule has 96 valence electrons. The summed E-state index contributed by atoms with van der Waals surface area (Å²) in [6, 6.07) is 6.64. The minimum absolute atomic E-state index is 0.0580. The topological polar surface area (TPSA) is 64.9 Å². The van der Waals surface area contributed by atoms with Crippen molar-refractivity contribution in [1.82, 2.24) is 5.32 Å². The predicted molar refractivity (Wildman–Crippen MR) is 72.6 cm³/mol. The number of carbonyl (C=O) groups is 1. The molecule has 1 amide bonds. The maximum Gasteiger partial charge on any atom is 0.242 e. The van der Waals surface area contributed by atoms with Crippen molar-refractivity contribution in [3.63, 3.8) is 0 Å². The van der Waals surface area contributed by atoms with E-state index in [2.05, 4.69) is 10.6 Å². The zero-order valence-electron chi connectivity index (χ0n) is 10.5.